The first-order chi connectivity index (χ1) is 9.19. The van der Waals surface area contributed by atoms with Gasteiger partial charge in [-0.3, -0.25) is 4.79 Å². The maximum absolute atomic E-state index is 11.9. The van der Waals surface area contributed by atoms with Crippen LogP contribution in [0.1, 0.15) is 21.5 Å². The molecule has 0 aliphatic carbocycles. The summed E-state index contributed by atoms with van der Waals surface area (Å²) < 4.78 is 0.945. The van der Waals surface area contributed by atoms with Crippen molar-refractivity contribution in [2.75, 3.05) is 0 Å². The van der Waals surface area contributed by atoms with Crippen LogP contribution in [-0.4, -0.2) is 5.78 Å². The van der Waals surface area contributed by atoms with Crippen LogP contribution in [0.2, 0.25) is 0 Å². The largest absolute Gasteiger partial charge is 0.289 e. The van der Waals surface area contributed by atoms with E-state index in [-0.39, 0.29) is 5.78 Å². The number of allylic oxidation sites excluding steroid dienone is 1. The highest BCUT2D eigenvalue weighted by atomic mass is 79.9. The lowest BCUT2D eigenvalue weighted by molar-refractivity contribution is 0.104. The summed E-state index contributed by atoms with van der Waals surface area (Å²) in [4.78, 5) is 11.9. The minimum atomic E-state index is -0.0446. The Bertz CT molecular complexity index is 649. The van der Waals surface area contributed by atoms with E-state index in [2.05, 4.69) is 22.0 Å². The van der Waals surface area contributed by atoms with Gasteiger partial charge in [0.15, 0.2) is 5.78 Å². The average molecular weight is 312 g/mol. The van der Waals surface area contributed by atoms with Crippen molar-refractivity contribution in [1.29, 1.82) is 5.26 Å². The van der Waals surface area contributed by atoms with Gasteiger partial charge in [-0.2, -0.15) is 5.26 Å². The third-order valence-corrected chi connectivity index (χ3v) is 3.12. The van der Waals surface area contributed by atoms with Gasteiger partial charge in [0, 0.05) is 10.0 Å². The van der Waals surface area contributed by atoms with Gasteiger partial charge in [0.1, 0.15) is 0 Å². The molecule has 0 saturated heterocycles. The lowest BCUT2D eigenvalue weighted by Gasteiger charge is -1.96. The molecule has 2 aromatic rings. The third kappa shape index (κ3) is 3.64. The molecule has 0 spiro atoms. The molecule has 0 bridgehead atoms. The standard InChI is InChI=1S/C16H10BrNO/c17-15-8-6-14(7-9-15)16(19)10-5-12-1-3-13(11-18)4-2-12/h1-10H/b10-5+. The Hall–Kier alpha value is -2.18. The molecule has 0 aliphatic heterocycles. The van der Waals surface area contributed by atoms with E-state index in [1.807, 2.05) is 24.3 Å². The van der Waals surface area contributed by atoms with Crippen LogP contribution in [-0.2, 0) is 0 Å². The number of hydrogen-bond acceptors (Lipinski definition) is 2. The van der Waals surface area contributed by atoms with E-state index in [0.29, 0.717) is 11.1 Å². The molecular formula is C16H10BrNO. The number of nitrogens with zero attached hydrogens (tertiary/aromatic N) is 1. The predicted molar refractivity (Wildman–Crippen MR) is 78.7 cm³/mol. The van der Waals surface area contributed by atoms with Crippen LogP contribution in [0.3, 0.4) is 0 Å². The first-order valence-corrected chi connectivity index (χ1v) is 6.46. The summed E-state index contributed by atoms with van der Waals surface area (Å²) >= 11 is 3.33. The van der Waals surface area contributed by atoms with Gasteiger partial charge in [-0.05, 0) is 48.0 Å². The van der Waals surface area contributed by atoms with Crippen molar-refractivity contribution in [1.82, 2.24) is 0 Å². The van der Waals surface area contributed by atoms with Crippen LogP contribution in [0.4, 0.5) is 0 Å². The zero-order valence-electron chi connectivity index (χ0n) is 10.0. The lowest BCUT2D eigenvalue weighted by atomic mass is 10.1. The highest BCUT2D eigenvalue weighted by molar-refractivity contribution is 9.10. The predicted octanol–water partition coefficient (Wildman–Crippen LogP) is 4.22. The van der Waals surface area contributed by atoms with E-state index in [0.717, 1.165) is 10.0 Å². The van der Waals surface area contributed by atoms with Gasteiger partial charge in [-0.25, -0.2) is 0 Å². The summed E-state index contributed by atoms with van der Waals surface area (Å²) in [5, 5.41) is 8.69. The average Bonchev–Trinajstić information content (AvgIpc) is 2.46. The van der Waals surface area contributed by atoms with Crippen molar-refractivity contribution in [3.05, 3.63) is 75.8 Å². The second-order valence-electron chi connectivity index (χ2n) is 3.94. The number of carbonyl (C=O) groups excluding carboxylic acids is 1. The van der Waals surface area contributed by atoms with Crippen molar-refractivity contribution < 1.29 is 4.79 Å². The second kappa shape index (κ2) is 6.12. The molecule has 0 aliphatic rings. The smallest absolute Gasteiger partial charge is 0.185 e. The fourth-order valence-electron chi connectivity index (χ4n) is 1.55. The molecule has 0 amide bonds. The number of carbonyl (C=O) groups is 1. The van der Waals surface area contributed by atoms with Crippen molar-refractivity contribution in [3.63, 3.8) is 0 Å². The minimum Gasteiger partial charge on any atom is -0.289 e. The molecule has 0 radical (unpaired) electrons. The van der Waals surface area contributed by atoms with Gasteiger partial charge in [-0.1, -0.05) is 34.1 Å². The molecule has 3 heteroatoms. The van der Waals surface area contributed by atoms with Gasteiger partial charge in [0.2, 0.25) is 0 Å². The van der Waals surface area contributed by atoms with Crippen molar-refractivity contribution in [3.8, 4) is 6.07 Å². The van der Waals surface area contributed by atoms with Crippen LogP contribution >= 0.6 is 15.9 Å². The molecule has 0 aromatic heterocycles. The lowest BCUT2D eigenvalue weighted by Crippen LogP contribution is -1.93. The van der Waals surface area contributed by atoms with E-state index in [9.17, 15) is 4.79 Å². The van der Waals surface area contributed by atoms with E-state index < -0.39 is 0 Å². The van der Waals surface area contributed by atoms with E-state index >= 15 is 0 Å². The Morgan fingerprint density at radius 3 is 2.26 bits per heavy atom. The van der Waals surface area contributed by atoms with Gasteiger partial charge in [0.05, 0.1) is 11.6 Å². The molecule has 0 atom stereocenters. The van der Waals surface area contributed by atoms with Crippen LogP contribution in [0.25, 0.3) is 6.08 Å². The Kier molecular flexibility index (Phi) is 4.27. The Labute approximate surface area is 120 Å². The molecule has 0 fully saturated rings. The number of hydrogen-bond donors (Lipinski definition) is 0. The molecule has 2 rings (SSSR count). The number of ketones is 1. The summed E-state index contributed by atoms with van der Waals surface area (Å²) in [6, 6.07) is 16.3. The van der Waals surface area contributed by atoms with E-state index in [1.54, 1.807) is 30.3 Å². The summed E-state index contributed by atoms with van der Waals surface area (Å²) in [6.07, 6.45) is 3.27. The second-order valence-corrected chi connectivity index (χ2v) is 4.85. The first kappa shape index (κ1) is 13.3. The fourth-order valence-corrected chi connectivity index (χ4v) is 1.82. The molecule has 0 unspecified atom stereocenters. The molecule has 2 aromatic carbocycles. The number of rotatable bonds is 3. The van der Waals surface area contributed by atoms with Crippen molar-refractivity contribution >= 4 is 27.8 Å². The van der Waals surface area contributed by atoms with Crippen LogP contribution < -0.4 is 0 Å². The monoisotopic (exact) mass is 311 g/mol. The van der Waals surface area contributed by atoms with Gasteiger partial charge >= 0.3 is 0 Å². The first-order valence-electron chi connectivity index (χ1n) is 5.67. The molecule has 0 saturated carbocycles. The number of nitriles is 1. The zero-order valence-corrected chi connectivity index (χ0v) is 11.6. The highest BCUT2D eigenvalue weighted by Crippen LogP contribution is 2.12. The third-order valence-electron chi connectivity index (χ3n) is 2.60. The molecule has 0 heterocycles. The van der Waals surface area contributed by atoms with Crippen molar-refractivity contribution in [2.45, 2.75) is 0 Å². The van der Waals surface area contributed by atoms with Crippen LogP contribution in [0.15, 0.2) is 59.1 Å². The summed E-state index contributed by atoms with van der Waals surface area (Å²) in [7, 11) is 0. The minimum absolute atomic E-state index is 0.0446. The van der Waals surface area contributed by atoms with Gasteiger partial charge in [0.25, 0.3) is 0 Å². The van der Waals surface area contributed by atoms with Gasteiger partial charge in [-0.15, -0.1) is 0 Å². The molecule has 0 N–H and O–H groups in total. The normalized spacial score (nSPS) is 10.3. The molecular weight excluding hydrogens is 302 g/mol. The SMILES string of the molecule is N#Cc1ccc(/C=C/C(=O)c2ccc(Br)cc2)cc1. The summed E-state index contributed by atoms with van der Waals surface area (Å²) in [5.41, 5.74) is 2.15. The van der Waals surface area contributed by atoms with E-state index in [1.165, 1.54) is 6.08 Å². The summed E-state index contributed by atoms with van der Waals surface area (Å²) in [5.74, 6) is -0.0446. The van der Waals surface area contributed by atoms with Crippen LogP contribution in [0.5, 0.6) is 0 Å². The zero-order chi connectivity index (χ0) is 13.7. The fraction of sp³-hybridized carbons (Fsp3) is 0. The van der Waals surface area contributed by atoms with Gasteiger partial charge < -0.3 is 0 Å². The highest BCUT2D eigenvalue weighted by Gasteiger charge is 2.00. The summed E-state index contributed by atoms with van der Waals surface area (Å²) in [6.45, 7) is 0. The topological polar surface area (TPSA) is 40.9 Å². The number of halogens is 1. The number of benzene rings is 2. The van der Waals surface area contributed by atoms with Crippen molar-refractivity contribution in [2.24, 2.45) is 0 Å². The Morgan fingerprint density at radius 1 is 1.05 bits per heavy atom. The van der Waals surface area contributed by atoms with E-state index in [4.69, 9.17) is 5.26 Å². The maximum atomic E-state index is 11.9. The Morgan fingerprint density at radius 2 is 1.68 bits per heavy atom. The quantitative estimate of drug-likeness (QED) is 0.629. The van der Waals surface area contributed by atoms with Crippen LogP contribution in [0, 0.1) is 11.3 Å². The molecule has 2 nitrogen and oxygen atoms in total. The Balaban J connectivity index is 2.11. The maximum Gasteiger partial charge on any atom is 0.185 e. The molecule has 19 heavy (non-hydrogen) atoms. The molecule has 92 valence electrons.